The lowest BCUT2D eigenvalue weighted by Crippen LogP contribution is -2.14. The van der Waals surface area contributed by atoms with E-state index in [0.717, 1.165) is 11.2 Å². The number of pyridine rings is 1. The lowest BCUT2D eigenvalue weighted by Gasteiger charge is -2.18. The molecule has 1 unspecified atom stereocenters. The normalized spacial score (nSPS) is 13.6. The second-order valence-electron chi connectivity index (χ2n) is 4.32. The van der Waals surface area contributed by atoms with Crippen LogP contribution in [-0.2, 0) is 0 Å². The lowest BCUT2D eigenvalue weighted by molar-refractivity contribution is 0.419. The van der Waals surface area contributed by atoms with E-state index in [4.69, 9.17) is 17.3 Å². The van der Waals surface area contributed by atoms with Gasteiger partial charge in [-0.15, -0.1) is 0 Å². The van der Waals surface area contributed by atoms with Crippen molar-refractivity contribution in [2.24, 2.45) is 5.92 Å². The predicted octanol–water partition coefficient (Wildman–Crippen LogP) is 2.88. The number of rotatable bonds is 2. The molecule has 4 nitrogen and oxygen atoms in total. The van der Waals surface area contributed by atoms with Crippen molar-refractivity contribution >= 4 is 28.7 Å². The zero-order valence-corrected chi connectivity index (χ0v) is 10.4. The number of hydrogen-bond donors (Lipinski definition) is 1. The topological polar surface area (TPSA) is 56.7 Å². The predicted molar refractivity (Wildman–Crippen MR) is 66.5 cm³/mol. The number of imidazole rings is 1. The summed E-state index contributed by atoms with van der Waals surface area (Å²) in [5.74, 6) is 0.961. The number of anilines is 1. The summed E-state index contributed by atoms with van der Waals surface area (Å²) in [6.45, 7) is 6.40. The quantitative estimate of drug-likeness (QED) is 0.875. The third kappa shape index (κ3) is 1.73. The Morgan fingerprint density at radius 1 is 1.38 bits per heavy atom. The van der Waals surface area contributed by atoms with Gasteiger partial charge in [0.1, 0.15) is 5.52 Å². The molecule has 16 heavy (non-hydrogen) atoms. The summed E-state index contributed by atoms with van der Waals surface area (Å²) in [6, 6.07) is 2.04. The fourth-order valence-corrected chi connectivity index (χ4v) is 1.83. The zero-order valence-electron chi connectivity index (χ0n) is 9.61. The highest BCUT2D eigenvalue weighted by atomic mass is 35.5. The van der Waals surface area contributed by atoms with E-state index in [2.05, 4.69) is 30.7 Å². The maximum Gasteiger partial charge on any atom is 0.202 e. The maximum absolute atomic E-state index is 5.91. The van der Waals surface area contributed by atoms with Crippen LogP contribution in [0.1, 0.15) is 26.8 Å². The van der Waals surface area contributed by atoms with Crippen LogP contribution in [0.3, 0.4) is 0 Å². The smallest absolute Gasteiger partial charge is 0.202 e. The Kier molecular flexibility index (Phi) is 2.76. The Morgan fingerprint density at radius 3 is 2.69 bits per heavy atom. The summed E-state index contributed by atoms with van der Waals surface area (Å²) >= 11 is 5.87. The van der Waals surface area contributed by atoms with Gasteiger partial charge >= 0.3 is 0 Å². The summed E-state index contributed by atoms with van der Waals surface area (Å²) in [7, 11) is 0. The molecule has 0 aliphatic heterocycles. The number of nitrogens with zero attached hydrogens (tertiary/aromatic N) is 3. The van der Waals surface area contributed by atoms with Gasteiger partial charge in [0, 0.05) is 12.2 Å². The minimum Gasteiger partial charge on any atom is -0.369 e. The molecule has 1 atom stereocenters. The van der Waals surface area contributed by atoms with Crippen molar-refractivity contribution in [1.82, 2.24) is 14.5 Å². The van der Waals surface area contributed by atoms with Gasteiger partial charge in [-0.25, -0.2) is 9.97 Å². The first-order chi connectivity index (χ1) is 7.50. The SMILES string of the molecule is CC(C)C(C)n1c(N)nc2cc(Cl)cnc21. The summed E-state index contributed by atoms with van der Waals surface area (Å²) in [4.78, 5) is 8.56. The number of hydrogen-bond acceptors (Lipinski definition) is 3. The van der Waals surface area contributed by atoms with Crippen LogP contribution in [0.2, 0.25) is 5.02 Å². The first kappa shape index (κ1) is 11.2. The second-order valence-corrected chi connectivity index (χ2v) is 4.76. The number of aromatic nitrogens is 3. The maximum atomic E-state index is 5.91. The van der Waals surface area contributed by atoms with Gasteiger partial charge in [0.25, 0.3) is 0 Å². The Balaban J connectivity index is 2.65. The fraction of sp³-hybridized carbons (Fsp3) is 0.455. The van der Waals surface area contributed by atoms with Crippen molar-refractivity contribution < 1.29 is 0 Å². The molecule has 0 fully saturated rings. The molecular formula is C11H15ClN4. The molecule has 2 N–H and O–H groups in total. The molecule has 0 aliphatic carbocycles. The van der Waals surface area contributed by atoms with E-state index in [1.54, 1.807) is 12.3 Å². The number of fused-ring (bicyclic) bond motifs is 1. The molecule has 2 heterocycles. The molecule has 0 saturated carbocycles. The van der Waals surface area contributed by atoms with Crippen molar-refractivity contribution in [3.8, 4) is 0 Å². The molecule has 0 bridgehead atoms. The van der Waals surface area contributed by atoms with Crippen LogP contribution in [0.4, 0.5) is 5.95 Å². The van der Waals surface area contributed by atoms with Crippen molar-refractivity contribution in [3.63, 3.8) is 0 Å². The number of nitrogen functional groups attached to an aromatic ring is 1. The summed E-state index contributed by atoms with van der Waals surface area (Å²) < 4.78 is 1.95. The molecule has 0 aliphatic rings. The monoisotopic (exact) mass is 238 g/mol. The lowest BCUT2D eigenvalue weighted by atomic mass is 10.1. The van der Waals surface area contributed by atoms with Gasteiger partial charge in [-0.3, -0.25) is 4.57 Å². The van der Waals surface area contributed by atoms with E-state index in [1.807, 2.05) is 4.57 Å². The molecular weight excluding hydrogens is 224 g/mol. The molecule has 0 aromatic carbocycles. The first-order valence-corrected chi connectivity index (χ1v) is 5.67. The molecule has 5 heteroatoms. The highest BCUT2D eigenvalue weighted by molar-refractivity contribution is 6.31. The highest BCUT2D eigenvalue weighted by Gasteiger charge is 2.17. The van der Waals surface area contributed by atoms with E-state index < -0.39 is 0 Å². The van der Waals surface area contributed by atoms with Crippen molar-refractivity contribution in [2.75, 3.05) is 5.73 Å². The third-order valence-corrected chi connectivity index (χ3v) is 3.10. The van der Waals surface area contributed by atoms with Crippen LogP contribution in [0, 0.1) is 5.92 Å². The van der Waals surface area contributed by atoms with Crippen LogP contribution in [0.25, 0.3) is 11.2 Å². The van der Waals surface area contributed by atoms with Crippen molar-refractivity contribution in [1.29, 1.82) is 0 Å². The first-order valence-electron chi connectivity index (χ1n) is 5.29. The molecule has 2 aromatic rings. The minimum absolute atomic E-state index is 0.263. The van der Waals surface area contributed by atoms with Gasteiger partial charge in [-0.2, -0.15) is 0 Å². The number of halogens is 1. The van der Waals surface area contributed by atoms with Crippen molar-refractivity contribution in [3.05, 3.63) is 17.3 Å². The van der Waals surface area contributed by atoms with Crippen LogP contribution in [0.15, 0.2) is 12.3 Å². The van der Waals surface area contributed by atoms with E-state index in [0.29, 0.717) is 16.9 Å². The fourth-order valence-electron chi connectivity index (χ4n) is 1.67. The van der Waals surface area contributed by atoms with Gasteiger partial charge < -0.3 is 5.73 Å². The van der Waals surface area contributed by atoms with Crippen LogP contribution < -0.4 is 5.73 Å². The van der Waals surface area contributed by atoms with E-state index in [1.165, 1.54) is 0 Å². The van der Waals surface area contributed by atoms with E-state index >= 15 is 0 Å². The summed E-state index contributed by atoms with van der Waals surface area (Å²) in [5.41, 5.74) is 7.45. The molecule has 2 aromatic heterocycles. The van der Waals surface area contributed by atoms with Gasteiger partial charge in [0.2, 0.25) is 5.95 Å². The minimum atomic E-state index is 0.263. The van der Waals surface area contributed by atoms with Gasteiger partial charge in [0.15, 0.2) is 5.65 Å². The van der Waals surface area contributed by atoms with Crippen LogP contribution in [-0.4, -0.2) is 14.5 Å². The number of nitrogens with two attached hydrogens (primary N) is 1. The third-order valence-electron chi connectivity index (χ3n) is 2.90. The summed E-state index contributed by atoms with van der Waals surface area (Å²) in [6.07, 6.45) is 1.62. The highest BCUT2D eigenvalue weighted by Crippen LogP contribution is 2.26. The molecule has 0 amide bonds. The van der Waals surface area contributed by atoms with Gasteiger partial charge in [-0.1, -0.05) is 25.4 Å². The second kappa shape index (κ2) is 3.94. The average molecular weight is 239 g/mol. The van der Waals surface area contributed by atoms with E-state index in [9.17, 15) is 0 Å². The molecule has 0 spiro atoms. The molecule has 0 saturated heterocycles. The Hall–Kier alpha value is -1.29. The van der Waals surface area contributed by atoms with Gasteiger partial charge in [-0.05, 0) is 18.9 Å². The Labute approximate surface area is 99.4 Å². The molecule has 0 radical (unpaired) electrons. The van der Waals surface area contributed by atoms with Crippen LogP contribution >= 0.6 is 11.6 Å². The standard InChI is InChI=1S/C11H15ClN4/c1-6(2)7(3)16-10-9(15-11(16)13)4-8(12)5-14-10/h4-7H,1-3H3,(H2,13,15). The largest absolute Gasteiger partial charge is 0.369 e. The van der Waals surface area contributed by atoms with Gasteiger partial charge in [0.05, 0.1) is 5.02 Å². The van der Waals surface area contributed by atoms with Crippen LogP contribution in [0.5, 0.6) is 0 Å². The average Bonchev–Trinajstić information content (AvgIpc) is 2.51. The Bertz CT molecular complexity index is 518. The molecule has 86 valence electrons. The summed E-state index contributed by atoms with van der Waals surface area (Å²) in [5, 5.41) is 0.578. The van der Waals surface area contributed by atoms with E-state index in [-0.39, 0.29) is 6.04 Å². The van der Waals surface area contributed by atoms with Crippen molar-refractivity contribution in [2.45, 2.75) is 26.8 Å². The zero-order chi connectivity index (χ0) is 11.9. The Morgan fingerprint density at radius 2 is 2.06 bits per heavy atom. The molecule has 2 rings (SSSR count).